The number of fused-ring (bicyclic) bond motifs is 2. The predicted molar refractivity (Wildman–Crippen MR) is 71.3 cm³/mol. The number of aromatic nitrogens is 1. The van der Waals surface area contributed by atoms with Crippen molar-refractivity contribution in [3.63, 3.8) is 0 Å². The van der Waals surface area contributed by atoms with Gasteiger partial charge in [-0.2, -0.15) is 0 Å². The van der Waals surface area contributed by atoms with E-state index in [-0.39, 0.29) is 0 Å². The molecule has 1 aliphatic heterocycles. The molecule has 4 heteroatoms. The van der Waals surface area contributed by atoms with Gasteiger partial charge in [-0.25, -0.2) is 0 Å². The van der Waals surface area contributed by atoms with Gasteiger partial charge in [0.05, 0.1) is 5.52 Å². The van der Waals surface area contributed by atoms with Gasteiger partial charge in [-0.1, -0.05) is 0 Å². The highest BCUT2D eigenvalue weighted by molar-refractivity contribution is 5.85. The van der Waals surface area contributed by atoms with Gasteiger partial charge >= 0.3 is 0 Å². The first kappa shape index (κ1) is 11.4. The third-order valence-corrected chi connectivity index (χ3v) is 3.36. The number of hydrogen-bond donors (Lipinski definition) is 1. The van der Waals surface area contributed by atoms with Crippen LogP contribution in [0.2, 0.25) is 0 Å². The Bertz CT molecular complexity index is 575. The molecule has 2 heterocycles. The summed E-state index contributed by atoms with van der Waals surface area (Å²) in [7, 11) is 0. The standard InChI is InChI=1S/C14H18N2O2/c1-10-7-11-8-13-14(18-6-5-17-13)9-12(11)16(10)4-2-3-15/h7-9H,2-6,15H2,1H3. The molecule has 0 bridgehead atoms. The topological polar surface area (TPSA) is 49.4 Å². The summed E-state index contributed by atoms with van der Waals surface area (Å²) >= 11 is 0. The van der Waals surface area contributed by atoms with Crippen LogP contribution in [0.5, 0.6) is 11.5 Å². The smallest absolute Gasteiger partial charge is 0.163 e. The zero-order valence-corrected chi connectivity index (χ0v) is 10.6. The monoisotopic (exact) mass is 246 g/mol. The van der Waals surface area contributed by atoms with Crippen molar-refractivity contribution in [2.45, 2.75) is 19.9 Å². The maximum Gasteiger partial charge on any atom is 0.163 e. The lowest BCUT2D eigenvalue weighted by Gasteiger charge is -2.18. The molecule has 0 radical (unpaired) electrons. The lowest BCUT2D eigenvalue weighted by Crippen LogP contribution is -2.15. The number of hydrogen-bond acceptors (Lipinski definition) is 3. The lowest BCUT2D eigenvalue weighted by atomic mass is 10.2. The molecule has 0 saturated carbocycles. The SMILES string of the molecule is Cc1cc2cc3c(cc2n1CCCN)OCCO3. The van der Waals surface area contributed by atoms with E-state index >= 15 is 0 Å². The van der Waals surface area contributed by atoms with E-state index in [1.165, 1.54) is 16.6 Å². The zero-order chi connectivity index (χ0) is 12.5. The molecule has 0 unspecified atom stereocenters. The van der Waals surface area contributed by atoms with E-state index in [1.54, 1.807) is 0 Å². The minimum atomic E-state index is 0.626. The Hall–Kier alpha value is -1.68. The molecule has 0 atom stereocenters. The van der Waals surface area contributed by atoms with Crippen molar-refractivity contribution in [1.29, 1.82) is 0 Å². The molecule has 0 aliphatic carbocycles. The maximum atomic E-state index is 5.64. The van der Waals surface area contributed by atoms with Gasteiger partial charge in [0.25, 0.3) is 0 Å². The third-order valence-electron chi connectivity index (χ3n) is 3.36. The molecule has 0 saturated heterocycles. The zero-order valence-electron chi connectivity index (χ0n) is 10.6. The van der Waals surface area contributed by atoms with Crippen LogP contribution in [-0.2, 0) is 6.54 Å². The summed E-state index contributed by atoms with van der Waals surface area (Å²) in [5.41, 5.74) is 8.04. The van der Waals surface area contributed by atoms with Gasteiger partial charge in [-0.3, -0.25) is 0 Å². The molecule has 0 amide bonds. The van der Waals surface area contributed by atoms with E-state index < -0.39 is 0 Å². The minimum Gasteiger partial charge on any atom is -0.486 e. The lowest BCUT2D eigenvalue weighted by molar-refractivity contribution is 0.172. The predicted octanol–water partition coefficient (Wildman–Crippen LogP) is 2.07. The number of nitrogens with two attached hydrogens (primary N) is 1. The number of aryl methyl sites for hydroxylation is 2. The summed E-state index contributed by atoms with van der Waals surface area (Å²) in [6.45, 7) is 5.04. The second-order valence-electron chi connectivity index (χ2n) is 4.63. The molecule has 3 rings (SSSR count). The van der Waals surface area contributed by atoms with Crippen LogP contribution in [0.3, 0.4) is 0 Å². The van der Waals surface area contributed by atoms with Gasteiger partial charge in [0.2, 0.25) is 0 Å². The molecule has 2 N–H and O–H groups in total. The normalized spacial score (nSPS) is 14.1. The summed E-state index contributed by atoms with van der Waals surface area (Å²) < 4.78 is 13.5. The molecule has 4 nitrogen and oxygen atoms in total. The van der Waals surface area contributed by atoms with Gasteiger partial charge in [0, 0.05) is 23.7 Å². The number of benzene rings is 1. The number of nitrogens with zero attached hydrogens (tertiary/aromatic N) is 1. The van der Waals surface area contributed by atoms with Crippen molar-refractivity contribution in [3.05, 3.63) is 23.9 Å². The van der Waals surface area contributed by atoms with Crippen molar-refractivity contribution < 1.29 is 9.47 Å². The molecule has 0 spiro atoms. The average Bonchev–Trinajstić information content (AvgIpc) is 2.68. The van der Waals surface area contributed by atoms with Crippen LogP contribution >= 0.6 is 0 Å². The van der Waals surface area contributed by atoms with Crippen LogP contribution in [0.15, 0.2) is 18.2 Å². The van der Waals surface area contributed by atoms with Gasteiger partial charge in [0.1, 0.15) is 13.2 Å². The van der Waals surface area contributed by atoms with Crippen LogP contribution in [0.1, 0.15) is 12.1 Å². The second kappa shape index (κ2) is 4.53. The van der Waals surface area contributed by atoms with Crippen molar-refractivity contribution in [2.24, 2.45) is 5.73 Å². The van der Waals surface area contributed by atoms with Gasteiger partial charge in [-0.05, 0) is 32.0 Å². The van der Waals surface area contributed by atoms with Gasteiger partial charge in [0.15, 0.2) is 11.5 Å². The van der Waals surface area contributed by atoms with Crippen molar-refractivity contribution in [1.82, 2.24) is 4.57 Å². The fourth-order valence-electron chi connectivity index (χ4n) is 2.48. The minimum absolute atomic E-state index is 0.626. The molecular formula is C14H18N2O2. The van der Waals surface area contributed by atoms with Crippen LogP contribution in [0.4, 0.5) is 0 Å². The Morgan fingerprint density at radius 3 is 2.61 bits per heavy atom. The first-order valence-electron chi connectivity index (χ1n) is 6.39. The molecule has 1 aromatic heterocycles. The summed E-state index contributed by atoms with van der Waals surface area (Å²) in [6, 6.07) is 6.33. The summed E-state index contributed by atoms with van der Waals surface area (Å²) in [5, 5.41) is 1.20. The highest BCUT2D eigenvalue weighted by Gasteiger charge is 2.15. The quantitative estimate of drug-likeness (QED) is 0.902. The summed E-state index contributed by atoms with van der Waals surface area (Å²) in [5.74, 6) is 1.70. The van der Waals surface area contributed by atoms with E-state index in [2.05, 4.69) is 29.7 Å². The van der Waals surface area contributed by atoms with Crippen molar-refractivity contribution >= 4 is 10.9 Å². The van der Waals surface area contributed by atoms with E-state index in [4.69, 9.17) is 15.2 Å². The Morgan fingerprint density at radius 1 is 1.17 bits per heavy atom. The number of ether oxygens (including phenoxy) is 2. The van der Waals surface area contributed by atoms with Gasteiger partial charge < -0.3 is 19.8 Å². The fourth-order valence-corrected chi connectivity index (χ4v) is 2.48. The van der Waals surface area contributed by atoms with Crippen LogP contribution in [-0.4, -0.2) is 24.3 Å². The van der Waals surface area contributed by atoms with E-state index in [9.17, 15) is 0 Å². The van der Waals surface area contributed by atoms with Crippen LogP contribution in [0.25, 0.3) is 10.9 Å². The van der Waals surface area contributed by atoms with Crippen LogP contribution in [0, 0.1) is 6.92 Å². The largest absolute Gasteiger partial charge is 0.486 e. The molecule has 18 heavy (non-hydrogen) atoms. The molecule has 96 valence electrons. The fraction of sp³-hybridized carbons (Fsp3) is 0.429. The average molecular weight is 246 g/mol. The highest BCUT2D eigenvalue weighted by Crippen LogP contribution is 2.35. The molecule has 1 aliphatic rings. The van der Waals surface area contributed by atoms with E-state index in [0.717, 1.165) is 24.5 Å². The summed E-state index contributed by atoms with van der Waals surface area (Å²) in [6.07, 6.45) is 0.985. The molecular weight excluding hydrogens is 228 g/mol. The first-order valence-corrected chi connectivity index (χ1v) is 6.39. The molecule has 0 fully saturated rings. The van der Waals surface area contributed by atoms with Crippen molar-refractivity contribution in [3.8, 4) is 11.5 Å². The third kappa shape index (κ3) is 1.82. The number of rotatable bonds is 3. The Morgan fingerprint density at radius 2 is 1.89 bits per heavy atom. The second-order valence-corrected chi connectivity index (χ2v) is 4.63. The van der Waals surface area contributed by atoms with E-state index in [1.807, 2.05) is 0 Å². The maximum absolute atomic E-state index is 5.64. The Kier molecular flexibility index (Phi) is 2.88. The molecule has 2 aromatic rings. The molecule has 1 aromatic carbocycles. The highest BCUT2D eigenvalue weighted by atomic mass is 16.6. The van der Waals surface area contributed by atoms with Crippen molar-refractivity contribution in [2.75, 3.05) is 19.8 Å². The first-order chi connectivity index (χ1) is 8.79. The van der Waals surface area contributed by atoms with Crippen LogP contribution < -0.4 is 15.2 Å². The van der Waals surface area contributed by atoms with Gasteiger partial charge in [-0.15, -0.1) is 0 Å². The summed E-state index contributed by atoms with van der Waals surface area (Å²) in [4.78, 5) is 0. The van der Waals surface area contributed by atoms with E-state index in [0.29, 0.717) is 19.8 Å². The Balaban J connectivity index is 2.10. The Labute approximate surface area is 106 Å².